The average Bonchev–Trinajstić information content (AvgIpc) is 3.03. The molecule has 0 N–H and O–H groups in total. The van der Waals surface area contributed by atoms with E-state index in [4.69, 9.17) is 11.6 Å². The van der Waals surface area contributed by atoms with E-state index in [0.29, 0.717) is 6.07 Å². The first-order valence-electron chi connectivity index (χ1n) is 9.65. The number of carbonyl (C=O) groups excluding carboxylic acids is 3. The highest BCUT2D eigenvalue weighted by molar-refractivity contribution is 6.31. The van der Waals surface area contributed by atoms with Crippen molar-refractivity contribution in [2.75, 3.05) is 29.9 Å². The van der Waals surface area contributed by atoms with Crippen molar-refractivity contribution in [2.24, 2.45) is 0 Å². The number of amides is 3. The molecule has 3 rings (SSSR count). The third-order valence-electron chi connectivity index (χ3n) is 5.02. The molecular formula is C21H19ClF4N4O3. The smallest absolute Gasteiger partial charge is 0.314 e. The summed E-state index contributed by atoms with van der Waals surface area (Å²) in [7, 11) is 1.35. The number of alkyl halides is 3. The Morgan fingerprint density at radius 3 is 2.48 bits per heavy atom. The van der Waals surface area contributed by atoms with Crippen LogP contribution in [0.3, 0.4) is 0 Å². The van der Waals surface area contributed by atoms with E-state index in [1.807, 2.05) is 0 Å². The number of aryl methyl sites for hydroxylation is 1. The fourth-order valence-corrected chi connectivity index (χ4v) is 3.66. The Morgan fingerprint density at radius 1 is 1.24 bits per heavy atom. The summed E-state index contributed by atoms with van der Waals surface area (Å²) in [5, 5.41) is -0.236. The largest absolute Gasteiger partial charge is 0.416 e. The molecule has 1 atom stereocenters. The number of hydrogen-bond donors (Lipinski definition) is 0. The first kappa shape index (κ1) is 24.4. The number of benzene rings is 1. The van der Waals surface area contributed by atoms with E-state index >= 15 is 0 Å². The number of hydrogen-bond acceptors (Lipinski definition) is 4. The zero-order valence-corrected chi connectivity index (χ0v) is 18.5. The first-order valence-corrected chi connectivity index (χ1v) is 10.0. The van der Waals surface area contributed by atoms with Gasteiger partial charge in [0.15, 0.2) is 0 Å². The van der Waals surface area contributed by atoms with Crippen LogP contribution in [0.5, 0.6) is 0 Å². The van der Waals surface area contributed by atoms with Crippen molar-refractivity contribution >= 4 is 40.8 Å². The molecule has 3 amide bonds. The SMILES string of the molecule is CC(=O)CN1C[C@@H](C(=O)N(C)c2ccc(F)c(Cl)c2)N(c2cc(C(F)(F)F)cc(C)n2)C1=O. The molecule has 0 saturated carbocycles. The van der Waals surface area contributed by atoms with E-state index in [1.54, 1.807) is 0 Å². The zero-order chi connectivity index (χ0) is 24.7. The molecule has 1 aliphatic heterocycles. The van der Waals surface area contributed by atoms with Crippen molar-refractivity contribution in [1.82, 2.24) is 9.88 Å². The molecule has 176 valence electrons. The number of halogens is 5. The summed E-state index contributed by atoms with van der Waals surface area (Å²) < 4.78 is 53.6. The second kappa shape index (κ2) is 8.97. The lowest BCUT2D eigenvalue weighted by Crippen LogP contribution is -2.47. The van der Waals surface area contributed by atoms with Gasteiger partial charge in [-0.25, -0.2) is 14.2 Å². The van der Waals surface area contributed by atoms with E-state index in [2.05, 4.69) is 4.98 Å². The van der Waals surface area contributed by atoms with Gasteiger partial charge in [-0.1, -0.05) is 11.6 Å². The quantitative estimate of drug-likeness (QED) is 0.597. The van der Waals surface area contributed by atoms with Crippen LogP contribution in [0.15, 0.2) is 30.3 Å². The van der Waals surface area contributed by atoms with Crippen LogP contribution in [0.2, 0.25) is 5.02 Å². The maximum atomic E-state index is 13.5. The zero-order valence-electron chi connectivity index (χ0n) is 17.8. The molecule has 0 unspecified atom stereocenters. The van der Waals surface area contributed by atoms with Crippen molar-refractivity contribution < 1.29 is 31.9 Å². The first-order chi connectivity index (χ1) is 15.3. The Bertz CT molecular complexity index is 1130. The van der Waals surface area contributed by atoms with Crippen molar-refractivity contribution in [1.29, 1.82) is 0 Å². The molecule has 12 heteroatoms. The number of nitrogens with zero attached hydrogens (tertiary/aromatic N) is 4. The van der Waals surface area contributed by atoms with E-state index in [-0.39, 0.29) is 41.1 Å². The van der Waals surface area contributed by atoms with Gasteiger partial charge in [-0.3, -0.25) is 14.5 Å². The molecule has 7 nitrogen and oxygen atoms in total. The predicted molar refractivity (Wildman–Crippen MR) is 113 cm³/mol. The van der Waals surface area contributed by atoms with Crippen molar-refractivity contribution in [3.8, 4) is 0 Å². The second-order valence-electron chi connectivity index (χ2n) is 7.60. The Morgan fingerprint density at radius 2 is 1.91 bits per heavy atom. The van der Waals surface area contributed by atoms with E-state index < -0.39 is 35.5 Å². The van der Waals surface area contributed by atoms with E-state index in [1.165, 1.54) is 33.0 Å². The van der Waals surface area contributed by atoms with Gasteiger partial charge in [0.1, 0.15) is 23.5 Å². The van der Waals surface area contributed by atoms with Gasteiger partial charge in [-0.2, -0.15) is 13.2 Å². The lowest BCUT2D eigenvalue weighted by Gasteiger charge is -2.27. The minimum Gasteiger partial charge on any atom is -0.314 e. The molecule has 1 fully saturated rings. The number of ketones is 1. The molecule has 1 saturated heterocycles. The Balaban J connectivity index is 2.04. The summed E-state index contributed by atoms with van der Waals surface area (Å²) >= 11 is 5.79. The van der Waals surface area contributed by atoms with Gasteiger partial charge < -0.3 is 9.80 Å². The van der Waals surface area contributed by atoms with Crippen LogP contribution in [0.1, 0.15) is 18.2 Å². The number of carbonyl (C=O) groups is 3. The number of likely N-dealkylation sites (N-methyl/N-ethyl adjacent to an activating group) is 1. The summed E-state index contributed by atoms with van der Waals surface area (Å²) in [6.07, 6.45) is -4.70. The van der Waals surface area contributed by atoms with Gasteiger partial charge in [0.25, 0.3) is 5.91 Å². The summed E-state index contributed by atoms with van der Waals surface area (Å²) in [6, 6.07) is 2.92. The normalized spacial score (nSPS) is 16.4. The fraction of sp³-hybridized carbons (Fsp3) is 0.333. The highest BCUT2D eigenvalue weighted by Crippen LogP contribution is 2.34. The van der Waals surface area contributed by atoms with E-state index in [9.17, 15) is 31.9 Å². The van der Waals surface area contributed by atoms with Crippen LogP contribution in [0.25, 0.3) is 0 Å². The minimum atomic E-state index is -4.70. The highest BCUT2D eigenvalue weighted by Gasteiger charge is 2.45. The summed E-state index contributed by atoms with van der Waals surface area (Å²) in [5.74, 6) is -2.13. The van der Waals surface area contributed by atoms with Gasteiger partial charge in [-0.05, 0) is 44.2 Å². The van der Waals surface area contributed by atoms with Crippen LogP contribution in [0, 0.1) is 12.7 Å². The Kier molecular flexibility index (Phi) is 6.64. The molecule has 0 aliphatic carbocycles. The van der Waals surface area contributed by atoms with Crippen LogP contribution in [-0.2, 0) is 15.8 Å². The van der Waals surface area contributed by atoms with Crippen LogP contribution in [0.4, 0.5) is 33.9 Å². The summed E-state index contributed by atoms with van der Waals surface area (Å²) in [6.45, 7) is 1.98. The third-order valence-corrected chi connectivity index (χ3v) is 5.30. The molecule has 1 aromatic heterocycles. The molecule has 1 aromatic carbocycles. The number of aromatic nitrogens is 1. The van der Waals surface area contributed by atoms with Crippen molar-refractivity contribution in [3.05, 3.63) is 52.4 Å². The maximum absolute atomic E-state index is 13.5. The predicted octanol–water partition coefficient (Wildman–Crippen LogP) is 4.06. The Hall–Kier alpha value is -3.21. The molecule has 33 heavy (non-hydrogen) atoms. The van der Waals surface area contributed by atoms with Crippen LogP contribution >= 0.6 is 11.6 Å². The van der Waals surface area contributed by atoms with Crippen molar-refractivity contribution in [3.63, 3.8) is 0 Å². The van der Waals surface area contributed by atoms with Crippen LogP contribution < -0.4 is 9.80 Å². The number of anilines is 2. The highest BCUT2D eigenvalue weighted by atomic mass is 35.5. The van der Waals surface area contributed by atoms with E-state index in [0.717, 1.165) is 26.8 Å². The lowest BCUT2D eigenvalue weighted by atomic mass is 10.1. The molecule has 2 heterocycles. The second-order valence-corrected chi connectivity index (χ2v) is 8.01. The number of Topliss-reactive ketones (excluding diaryl/α,β-unsaturated/α-hetero) is 1. The number of rotatable bonds is 5. The molecule has 0 spiro atoms. The van der Waals surface area contributed by atoms with Gasteiger partial charge >= 0.3 is 12.2 Å². The third kappa shape index (κ3) is 5.08. The standard InChI is InChI=1S/C21H19ClF4N4O3/c1-11-6-13(21(24,25)26)7-18(27-11)30-17(10-29(20(30)33)9-12(2)31)19(32)28(3)14-4-5-16(23)15(22)8-14/h4-8,17H,9-10H2,1-3H3/t17-/m0/s1. The van der Waals surface area contributed by atoms with Gasteiger partial charge in [0.2, 0.25) is 0 Å². The molecule has 0 radical (unpaired) electrons. The molecule has 2 aromatic rings. The van der Waals surface area contributed by atoms with Crippen molar-refractivity contribution in [2.45, 2.75) is 26.1 Å². The summed E-state index contributed by atoms with van der Waals surface area (Å²) in [4.78, 5) is 45.0. The summed E-state index contributed by atoms with van der Waals surface area (Å²) in [5.41, 5.74) is -0.841. The Labute approximate surface area is 191 Å². The molecule has 1 aliphatic rings. The maximum Gasteiger partial charge on any atom is 0.416 e. The topological polar surface area (TPSA) is 73.8 Å². The lowest BCUT2D eigenvalue weighted by molar-refractivity contribution is -0.137. The number of pyridine rings is 1. The average molecular weight is 487 g/mol. The van der Waals surface area contributed by atoms with Crippen LogP contribution in [-0.4, -0.2) is 53.8 Å². The number of urea groups is 1. The monoisotopic (exact) mass is 486 g/mol. The molecule has 0 bridgehead atoms. The van der Waals surface area contributed by atoms with Gasteiger partial charge in [0.05, 0.1) is 23.7 Å². The molecular weight excluding hydrogens is 468 g/mol. The van der Waals surface area contributed by atoms with Gasteiger partial charge in [-0.15, -0.1) is 0 Å². The minimum absolute atomic E-state index is 0.0116. The fourth-order valence-electron chi connectivity index (χ4n) is 3.48. The van der Waals surface area contributed by atoms with Gasteiger partial charge in [0, 0.05) is 18.4 Å².